The molecule has 1 heterocycles. The Labute approximate surface area is 98.0 Å². The molecule has 0 aliphatic carbocycles. The van der Waals surface area contributed by atoms with Gasteiger partial charge in [-0.1, -0.05) is 6.92 Å². The second-order valence-corrected chi connectivity index (χ2v) is 3.97. The first-order valence-electron chi connectivity index (χ1n) is 6.03. The number of aromatic nitrogens is 2. The van der Waals surface area contributed by atoms with Crippen molar-refractivity contribution in [1.82, 2.24) is 15.1 Å². The lowest BCUT2D eigenvalue weighted by Crippen LogP contribution is -2.34. The van der Waals surface area contributed by atoms with Crippen LogP contribution in [-0.4, -0.2) is 29.0 Å². The zero-order valence-electron chi connectivity index (χ0n) is 10.7. The van der Waals surface area contributed by atoms with Gasteiger partial charge in [0.1, 0.15) is 0 Å². The fraction of sp³-hybridized carbons (Fsp3) is 0.750. The van der Waals surface area contributed by atoms with Gasteiger partial charge in [0.2, 0.25) is 0 Å². The summed E-state index contributed by atoms with van der Waals surface area (Å²) in [5.41, 5.74) is 1.18. The summed E-state index contributed by atoms with van der Waals surface area (Å²) in [6.45, 7) is 8.02. The summed E-state index contributed by atoms with van der Waals surface area (Å²) < 4.78 is 7.58. The number of hydrogen-bond donors (Lipinski definition) is 1. The molecule has 0 fully saturated rings. The molecule has 0 aromatic carbocycles. The molecule has 1 aromatic heterocycles. The Bertz CT molecular complexity index is 298. The minimum atomic E-state index is 0.159. The second kappa shape index (κ2) is 6.66. The first-order valence-corrected chi connectivity index (χ1v) is 6.03. The molecule has 2 unspecified atom stereocenters. The summed E-state index contributed by atoms with van der Waals surface area (Å²) >= 11 is 0. The average Bonchev–Trinajstić information content (AvgIpc) is 2.66. The number of nitrogens with one attached hydrogen (secondary N) is 1. The molecule has 92 valence electrons. The SMILES string of the molecule is CCCNC(c1ccnn1C)C(C)OCC. The Kier molecular flexibility index (Phi) is 5.49. The van der Waals surface area contributed by atoms with Crippen LogP contribution in [0.3, 0.4) is 0 Å². The van der Waals surface area contributed by atoms with Gasteiger partial charge in [-0.25, -0.2) is 0 Å². The fourth-order valence-electron chi connectivity index (χ4n) is 1.86. The summed E-state index contributed by atoms with van der Waals surface area (Å²) in [6, 6.07) is 2.26. The van der Waals surface area contributed by atoms with Crippen LogP contribution in [0.4, 0.5) is 0 Å². The van der Waals surface area contributed by atoms with Crippen LogP contribution in [0, 0.1) is 0 Å². The van der Waals surface area contributed by atoms with Gasteiger partial charge in [0.05, 0.1) is 17.8 Å². The highest BCUT2D eigenvalue weighted by Crippen LogP contribution is 2.18. The van der Waals surface area contributed by atoms with Gasteiger partial charge >= 0.3 is 0 Å². The molecule has 0 bridgehead atoms. The van der Waals surface area contributed by atoms with Gasteiger partial charge in [0.25, 0.3) is 0 Å². The molecule has 1 rings (SSSR count). The maximum atomic E-state index is 5.68. The van der Waals surface area contributed by atoms with Crippen LogP contribution >= 0.6 is 0 Å². The van der Waals surface area contributed by atoms with E-state index >= 15 is 0 Å². The van der Waals surface area contributed by atoms with E-state index < -0.39 is 0 Å². The lowest BCUT2D eigenvalue weighted by atomic mass is 10.1. The summed E-state index contributed by atoms with van der Waals surface area (Å²) in [4.78, 5) is 0. The quantitative estimate of drug-likeness (QED) is 0.770. The van der Waals surface area contributed by atoms with Gasteiger partial charge < -0.3 is 10.1 Å². The number of nitrogens with zero attached hydrogens (tertiary/aromatic N) is 2. The van der Waals surface area contributed by atoms with Crippen molar-refractivity contribution in [3.63, 3.8) is 0 Å². The normalized spacial score (nSPS) is 15.0. The summed E-state index contributed by atoms with van der Waals surface area (Å²) in [5, 5.41) is 7.72. The Morgan fingerprint density at radius 2 is 2.25 bits per heavy atom. The van der Waals surface area contributed by atoms with E-state index in [0.29, 0.717) is 0 Å². The van der Waals surface area contributed by atoms with Crippen LogP contribution in [0.1, 0.15) is 38.9 Å². The third kappa shape index (κ3) is 3.32. The lowest BCUT2D eigenvalue weighted by Gasteiger charge is -2.25. The number of aryl methyl sites for hydroxylation is 1. The highest BCUT2D eigenvalue weighted by atomic mass is 16.5. The molecule has 2 atom stereocenters. The predicted molar refractivity (Wildman–Crippen MR) is 65.3 cm³/mol. The fourth-order valence-corrected chi connectivity index (χ4v) is 1.86. The summed E-state index contributed by atoms with van der Waals surface area (Å²) in [7, 11) is 1.97. The molecule has 4 heteroatoms. The van der Waals surface area contributed by atoms with Crippen LogP contribution in [0.25, 0.3) is 0 Å². The maximum Gasteiger partial charge on any atom is 0.0756 e. The van der Waals surface area contributed by atoms with Gasteiger partial charge in [-0.2, -0.15) is 5.10 Å². The number of rotatable bonds is 7. The summed E-state index contributed by atoms with van der Waals surface area (Å²) in [5.74, 6) is 0. The van der Waals surface area contributed by atoms with Gasteiger partial charge in [0, 0.05) is 19.9 Å². The van der Waals surface area contributed by atoms with Crippen molar-refractivity contribution in [2.45, 2.75) is 39.3 Å². The van der Waals surface area contributed by atoms with Crippen molar-refractivity contribution in [1.29, 1.82) is 0 Å². The Balaban J connectivity index is 2.74. The topological polar surface area (TPSA) is 39.1 Å². The molecule has 0 saturated carbocycles. The van der Waals surface area contributed by atoms with E-state index in [1.54, 1.807) is 0 Å². The Morgan fingerprint density at radius 3 is 2.75 bits per heavy atom. The van der Waals surface area contributed by atoms with E-state index in [1.807, 2.05) is 30.9 Å². The smallest absolute Gasteiger partial charge is 0.0756 e. The van der Waals surface area contributed by atoms with Crippen molar-refractivity contribution in [3.8, 4) is 0 Å². The van der Waals surface area contributed by atoms with Crippen LogP contribution < -0.4 is 5.32 Å². The lowest BCUT2D eigenvalue weighted by molar-refractivity contribution is 0.0451. The van der Waals surface area contributed by atoms with Gasteiger partial charge in [0.15, 0.2) is 0 Å². The van der Waals surface area contributed by atoms with E-state index in [-0.39, 0.29) is 12.1 Å². The van der Waals surface area contributed by atoms with Crippen molar-refractivity contribution in [2.75, 3.05) is 13.2 Å². The molecular formula is C12H23N3O. The molecule has 0 aliphatic rings. The van der Waals surface area contributed by atoms with Crippen LogP contribution in [0.5, 0.6) is 0 Å². The van der Waals surface area contributed by atoms with Crippen molar-refractivity contribution >= 4 is 0 Å². The van der Waals surface area contributed by atoms with Crippen molar-refractivity contribution in [2.24, 2.45) is 7.05 Å². The molecule has 0 aliphatic heterocycles. The molecule has 4 nitrogen and oxygen atoms in total. The molecule has 16 heavy (non-hydrogen) atoms. The van der Waals surface area contributed by atoms with E-state index in [0.717, 1.165) is 19.6 Å². The molecule has 1 aromatic rings. The van der Waals surface area contributed by atoms with Gasteiger partial charge in [-0.3, -0.25) is 4.68 Å². The first-order chi connectivity index (χ1) is 7.70. The zero-order chi connectivity index (χ0) is 12.0. The molecular weight excluding hydrogens is 202 g/mol. The maximum absolute atomic E-state index is 5.68. The highest BCUT2D eigenvalue weighted by Gasteiger charge is 2.21. The zero-order valence-corrected chi connectivity index (χ0v) is 10.7. The van der Waals surface area contributed by atoms with Gasteiger partial charge in [-0.15, -0.1) is 0 Å². The van der Waals surface area contributed by atoms with E-state index in [2.05, 4.69) is 24.3 Å². The van der Waals surface area contributed by atoms with E-state index in [1.165, 1.54) is 5.69 Å². The minimum absolute atomic E-state index is 0.159. The highest BCUT2D eigenvalue weighted by molar-refractivity contribution is 5.08. The van der Waals surface area contributed by atoms with E-state index in [4.69, 9.17) is 4.74 Å². The van der Waals surface area contributed by atoms with Crippen LogP contribution in [0.15, 0.2) is 12.3 Å². The largest absolute Gasteiger partial charge is 0.377 e. The third-order valence-electron chi connectivity index (χ3n) is 2.69. The summed E-state index contributed by atoms with van der Waals surface area (Å²) in [6.07, 6.45) is 3.11. The molecule has 0 saturated heterocycles. The molecule has 0 spiro atoms. The molecule has 1 N–H and O–H groups in total. The van der Waals surface area contributed by atoms with Crippen LogP contribution in [0.2, 0.25) is 0 Å². The molecule has 0 radical (unpaired) electrons. The monoisotopic (exact) mass is 225 g/mol. The first kappa shape index (κ1) is 13.2. The second-order valence-electron chi connectivity index (χ2n) is 3.97. The van der Waals surface area contributed by atoms with Gasteiger partial charge in [-0.05, 0) is 32.9 Å². The Hall–Kier alpha value is -0.870. The minimum Gasteiger partial charge on any atom is -0.377 e. The average molecular weight is 225 g/mol. The standard InChI is InChI=1S/C12H23N3O/c1-5-8-13-12(10(3)16-6-2)11-7-9-14-15(11)4/h7,9-10,12-13H,5-6,8H2,1-4H3. The van der Waals surface area contributed by atoms with Crippen molar-refractivity contribution < 1.29 is 4.74 Å². The van der Waals surface area contributed by atoms with Crippen molar-refractivity contribution in [3.05, 3.63) is 18.0 Å². The van der Waals surface area contributed by atoms with E-state index in [9.17, 15) is 0 Å². The number of hydrogen-bond acceptors (Lipinski definition) is 3. The Morgan fingerprint density at radius 1 is 1.50 bits per heavy atom. The predicted octanol–water partition coefficient (Wildman–Crippen LogP) is 1.89. The van der Waals surface area contributed by atoms with Crippen LogP contribution in [-0.2, 0) is 11.8 Å². The molecule has 0 amide bonds. The third-order valence-corrected chi connectivity index (χ3v) is 2.69. The number of ether oxygens (including phenoxy) is 1.